The molecule has 0 aliphatic heterocycles. The molecule has 0 amide bonds. The minimum absolute atomic E-state index is 0.173. The van der Waals surface area contributed by atoms with E-state index >= 15 is 0 Å². The monoisotopic (exact) mass is 233 g/mol. The van der Waals surface area contributed by atoms with Gasteiger partial charge in [0.2, 0.25) is 0 Å². The number of benzene rings is 1. The number of nitrogen functional groups attached to an aromatic ring is 1. The van der Waals surface area contributed by atoms with E-state index in [0.717, 1.165) is 0 Å². The highest BCUT2D eigenvalue weighted by Gasteiger charge is 2.11. The van der Waals surface area contributed by atoms with Crippen molar-refractivity contribution in [3.63, 3.8) is 0 Å². The molecule has 0 fully saturated rings. The quantitative estimate of drug-likeness (QED) is 0.815. The van der Waals surface area contributed by atoms with Gasteiger partial charge < -0.3 is 15.6 Å². The molecule has 1 aromatic carbocycles. The van der Waals surface area contributed by atoms with Gasteiger partial charge in [-0.25, -0.2) is 9.97 Å². The van der Waals surface area contributed by atoms with Crippen LogP contribution < -0.4 is 10.5 Å². The predicted octanol–water partition coefficient (Wildman–Crippen LogP) is 0.848. The lowest BCUT2D eigenvalue weighted by Crippen LogP contribution is -2.07. The average molecular weight is 233 g/mol. The number of fused-ring (bicyclic) bond motifs is 1. The van der Waals surface area contributed by atoms with Crippen molar-refractivity contribution in [2.45, 2.75) is 6.42 Å². The number of ether oxygens (including phenoxy) is 1. The second-order valence-corrected chi connectivity index (χ2v) is 3.45. The van der Waals surface area contributed by atoms with Crippen LogP contribution in [0.3, 0.4) is 0 Å². The van der Waals surface area contributed by atoms with E-state index in [1.807, 2.05) is 0 Å². The third kappa shape index (κ3) is 2.10. The number of nitrogens with two attached hydrogens (primary N) is 1. The molecule has 0 spiro atoms. The minimum atomic E-state index is -1.00. The molecule has 1 aromatic heterocycles. The Kier molecular flexibility index (Phi) is 2.78. The number of para-hydroxylation sites is 1. The Morgan fingerprint density at radius 3 is 2.88 bits per heavy atom. The molecule has 17 heavy (non-hydrogen) atoms. The van der Waals surface area contributed by atoms with Gasteiger partial charge in [0.15, 0.2) is 0 Å². The van der Waals surface area contributed by atoms with Gasteiger partial charge in [-0.2, -0.15) is 0 Å². The molecule has 1 heterocycles. The topological polar surface area (TPSA) is 98.3 Å². The summed E-state index contributed by atoms with van der Waals surface area (Å²) in [5.74, 6) is -0.0287. The number of carboxylic acid groups (broad SMARTS) is 1. The average Bonchev–Trinajstić information content (AvgIpc) is 2.27. The van der Waals surface area contributed by atoms with Crippen LogP contribution in [0.25, 0.3) is 10.9 Å². The standard InChI is InChI=1S/C11H11N3O3/c1-17-7-4-2-3-6-10(7)13-8(5-9(15)16)14-11(6)12/h2-4H,5H2,1H3,(H,15,16)(H2,12,13,14). The molecule has 0 aliphatic rings. The lowest BCUT2D eigenvalue weighted by atomic mass is 10.2. The number of anilines is 1. The number of rotatable bonds is 3. The van der Waals surface area contributed by atoms with Crippen LogP contribution >= 0.6 is 0 Å². The molecule has 0 saturated carbocycles. The van der Waals surface area contributed by atoms with Gasteiger partial charge in [0.05, 0.1) is 7.11 Å². The predicted molar refractivity (Wildman–Crippen MR) is 61.8 cm³/mol. The van der Waals surface area contributed by atoms with Gasteiger partial charge in [-0.3, -0.25) is 4.79 Å². The number of carboxylic acids is 1. The molecule has 88 valence electrons. The highest BCUT2D eigenvalue weighted by atomic mass is 16.5. The van der Waals surface area contributed by atoms with Crippen molar-refractivity contribution in [2.75, 3.05) is 12.8 Å². The van der Waals surface area contributed by atoms with E-state index in [1.54, 1.807) is 18.2 Å². The molecule has 3 N–H and O–H groups in total. The molecule has 0 saturated heterocycles. The van der Waals surface area contributed by atoms with E-state index in [-0.39, 0.29) is 18.1 Å². The zero-order chi connectivity index (χ0) is 12.4. The summed E-state index contributed by atoms with van der Waals surface area (Å²) in [6.45, 7) is 0. The number of aliphatic carboxylic acids is 1. The highest BCUT2D eigenvalue weighted by molar-refractivity contribution is 5.92. The zero-order valence-electron chi connectivity index (χ0n) is 9.17. The molecule has 0 unspecified atom stereocenters. The summed E-state index contributed by atoms with van der Waals surface area (Å²) < 4.78 is 5.15. The highest BCUT2D eigenvalue weighted by Crippen LogP contribution is 2.26. The molecular formula is C11H11N3O3. The Hall–Kier alpha value is -2.37. The van der Waals surface area contributed by atoms with Gasteiger partial charge in [0, 0.05) is 5.39 Å². The van der Waals surface area contributed by atoms with Crippen molar-refractivity contribution < 1.29 is 14.6 Å². The van der Waals surface area contributed by atoms with Gasteiger partial charge in [-0.1, -0.05) is 6.07 Å². The van der Waals surface area contributed by atoms with Gasteiger partial charge in [-0.15, -0.1) is 0 Å². The second kappa shape index (κ2) is 4.25. The van der Waals surface area contributed by atoms with Crippen LogP contribution in [0, 0.1) is 0 Å². The summed E-state index contributed by atoms with van der Waals surface area (Å²) in [7, 11) is 1.52. The van der Waals surface area contributed by atoms with E-state index in [1.165, 1.54) is 7.11 Å². The molecule has 0 atom stereocenters. The molecule has 2 rings (SSSR count). The summed E-state index contributed by atoms with van der Waals surface area (Å²) in [5, 5.41) is 9.36. The fourth-order valence-electron chi connectivity index (χ4n) is 1.58. The number of carbonyl (C=O) groups is 1. The lowest BCUT2D eigenvalue weighted by molar-refractivity contribution is -0.136. The molecule has 6 heteroatoms. The molecule has 2 aromatic rings. The largest absolute Gasteiger partial charge is 0.494 e. The number of nitrogens with zero attached hydrogens (tertiary/aromatic N) is 2. The Morgan fingerprint density at radius 1 is 1.47 bits per heavy atom. The first kappa shape index (κ1) is 11.1. The van der Waals surface area contributed by atoms with E-state index in [0.29, 0.717) is 16.7 Å². The van der Waals surface area contributed by atoms with E-state index in [4.69, 9.17) is 15.6 Å². The number of hydrogen-bond donors (Lipinski definition) is 2. The molecular weight excluding hydrogens is 222 g/mol. The number of aromatic nitrogens is 2. The van der Waals surface area contributed by atoms with Crippen LogP contribution in [0.15, 0.2) is 18.2 Å². The van der Waals surface area contributed by atoms with Crippen LogP contribution in [0.2, 0.25) is 0 Å². The van der Waals surface area contributed by atoms with E-state index < -0.39 is 5.97 Å². The summed E-state index contributed by atoms with van der Waals surface area (Å²) >= 11 is 0. The van der Waals surface area contributed by atoms with E-state index in [9.17, 15) is 4.79 Å². The Labute approximate surface area is 97.1 Å². The van der Waals surface area contributed by atoms with Crippen molar-refractivity contribution >= 4 is 22.7 Å². The van der Waals surface area contributed by atoms with Gasteiger partial charge in [-0.05, 0) is 12.1 Å². The minimum Gasteiger partial charge on any atom is -0.494 e. The first-order valence-electron chi connectivity index (χ1n) is 4.92. The Bertz CT molecular complexity index is 583. The third-order valence-corrected chi connectivity index (χ3v) is 2.29. The summed E-state index contributed by atoms with van der Waals surface area (Å²) in [6, 6.07) is 5.27. The van der Waals surface area contributed by atoms with Crippen molar-refractivity contribution in [3.05, 3.63) is 24.0 Å². The van der Waals surface area contributed by atoms with Crippen molar-refractivity contribution in [1.29, 1.82) is 0 Å². The summed E-state index contributed by atoms with van der Waals surface area (Å²) in [5.41, 5.74) is 6.28. The Morgan fingerprint density at radius 2 is 2.24 bits per heavy atom. The number of hydrogen-bond acceptors (Lipinski definition) is 5. The van der Waals surface area contributed by atoms with Crippen LogP contribution in [0.4, 0.5) is 5.82 Å². The van der Waals surface area contributed by atoms with Crippen LogP contribution in [0.5, 0.6) is 5.75 Å². The maximum atomic E-state index is 10.6. The zero-order valence-corrected chi connectivity index (χ0v) is 9.17. The lowest BCUT2D eigenvalue weighted by Gasteiger charge is -2.07. The van der Waals surface area contributed by atoms with Crippen LogP contribution in [-0.2, 0) is 11.2 Å². The first-order valence-corrected chi connectivity index (χ1v) is 4.92. The molecule has 0 aliphatic carbocycles. The fourth-order valence-corrected chi connectivity index (χ4v) is 1.58. The van der Waals surface area contributed by atoms with E-state index in [2.05, 4.69) is 9.97 Å². The summed E-state index contributed by atoms with van der Waals surface area (Å²) in [6.07, 6.45) is -0.266. The van der Waals surface area contributed by atoms with Crippen LogP contribution in [-0.4, -0.2) is 28.2 Å². The van der Waals surface area contributed by atoms with Gasteiger partial charge in [0.25, 0.3) is 0 Å². The molecule has 0 bridgehead atoms. The maximum absolute atomic E-state index is 10.6. The number of methoxy groups -OCH3 is 1. The normalized spacial score (nSPS) is 10.4. The van der Waals surface area contributed by atoms with Crippen molar-refractivity contribution in [2.24, 2.45) is 0 Å². The fraction of sp³-hybridized carbons (Fsp3) is 0.182. The molecule has 0 radical (unpaired) electrons. The van der Waals surface area contributed by atoms with Crippen LogP contribution in [0.1, 0.15) is 5.82 Å². The van der Waals surface area contributed by atoms with Crippen molar-refractivity contribution in [1.82, 2.24) is 9.97 Å². The summed E-state index contributed by atoms with van der Waals surface area (Å²) in [4.78, 5) is 18.7. The second-order valence-electron chi connectivity index (χ2n) is 3.45. The Balaban J connectivity index is 2.65. The smallest absolute Gasteiger partial charge is 0.311 e. The van der Waals surface area contributed by atoms with Crippen molar-refractivity contribution in [3.8, 4) is 5.75 Å². The molecule has 6 nitrogen and oxygen atoms in total. The third-order valence-electron chi connectivity index (χ3n) is 2.29. The van der Waals surface area contributed by atoms with Gasteiger partial charge >= 0.3 is 5.97 Å². The van der Waals surface area contributed by atoms with Gasteiger partial charge in [0.1, 0.15) is 29.3 Å². The SMILES string of the molecule is COc1cccc2c(N)nc(CC(=O)O)nc12. The first-order chi connectivity index (χ1) is 8.11. The maximum Gasteiger partial charge on any atom is 0.311 e.